The average molecular weight is 333 g/mol. The number of aromatic nitrogens is 2. The summed E-state index contributed by atoms with van der Waals surface area (Å²) in [5.41, 5.74) is 4.37. The second kappa shape index (κ2) is 7.34. The van der Waals surface area contributed by atoms with Crippen molar-refractivity contribution < 1.29 is 4.79 Å². The first kappa shape index (κ1) is 17.0. The van der Waals surface area contributed by atoms with E-state index in [0.29, 0.717) is 12.5 Å². The molecule has 0 aliphatic carbocycles. The molecule has 1 aromatic heterocycles. The van der Waals surface area contributed by atoms with Gasteiger partial charge in [0.25, 0.3) is 0 Å². The first-order chi connectivity index (χ1) is 12.0. The van der Waals surface area contributed by atoms with Crippen molar-refractivity contribution in [3.8, 4) is 0 Å². The third kappa shape index (κ3) is 3.97. The fraction of sp³-hybridized carbons (Fsp3) is 0.238. The number of hydrogen-bond acceptors (Lipinski definition) is 2. The number of hydrogen-bond donors (Lipinski definition) is 1. The number of para-hydroxylation sites is 2. The molecule has 0 bridgehead atoms. The summed E-state index contributed by atoms with van der Waals surface area (Å²) in [5, 5.41) is 2.91. The summed E-state index contributed by atoms with van der Waals surface area (Å²) in [5.74, 6) is 1.15. The van der Waals surface area contributed by atoms with Crippen LogP contribution >= 0.6 is 0 Å². The first-order valence-corrected chi connectivity index (χ1v) is 8.51. The fourth-order valence-electron chi connectivity index (χ4n) is 2.73. The van der Waals surface area contributed by atoms with Crippen molar-refractivity contribution >= 4 is 23.0 Å². The number of benzene rings is 2. The molecule has 0 radical (unpaired) electrons. The van der Waals surface area contributed by atoms with Crippen LogP contribution in [0, 0.1) is 0 Å². The van der Waals surface area contributed by atoms with Crippen LogP contribution in [0.4, 0.5) is 0 Å². The van der Waals surface area contributed by atoms with Crippen LogP contribution in [0.3, 0.4) is 0 Å². The molecule has 2 aromatic carbocycles. The van der Waals surface area contributed by atoms with E-state index in [1.54, 1.807) is 6.08 Å². The molecule has 1 N–H and O–H groups in total. The molecule has 4 heteroatoms. The predicted octanol–water partition coefficient (Wildman–Crippen LogP) is 4.03. The van der Waals surface area contributed by atoms with Gasteiger partial charge in [0.2, 0.25) is 5.91 Å². The molecule has 3 aromatic rings. The zero-order valence-corrected chi connectivity index (χ0v) is 14.9. The molecule has 0 aliphatic rings. The molecular formula is C21H23N3O. The molecule has 0 fully saturated rings. The Morgan fingerprint density at radius 1 is 1.16 bits per heavy atom. The Labute approximate surface area is 148 Å². The van der Waals surface area contributed by atoms with E-state index in [0.717, 1.165) is 22.4 Å². The summed E-state index contributed by atoms with van der Waals surface area (Å²) in [7, 11) is 1.95. The number of fused-ring (bicyclic) bond motifs is 1. The van der Waals surface area contributed by atoms with Crippen molar-refractivity contribution in [1.29, 1.82) is 0 Å². The minimum absolute atomic E-state index is 0.125. The molecule has 0 spiro atoms. The average Bonchev–Trinajstić information content (AvgIpc) is 2.95. The molecule has 0 unspecified atom stereocenters. The van der Waals surface area contributed by atoms with Crippen molar-refractivity contribution in [2.75, 3.05) is 0 Å². The maximum Gasteiger partial charge on any atom is 0.244 e. The van der Waals surface area contributed by atoms with Crippen LogP contribution in [-0.2, 0) is 18.4 Å². The normalized spacial score (nSPS) is 11.5. The van der Waals surface area contributed by atoms with Crippen LogP contribution in [0.15, 0.2) is 54.6 Å². The van der Waals surface area contributed by atoms with Crippen molar-refractivity contribution in [2.24, 2.45) is 7.05 Å². The van der Waals surface area contributed by atoms with Gasteiger partial charge in [-0.3, -0.25) is 4.79 Å². The van der Waals surface area contributed by atoms with E-state index in [9.17, 15) is 4.79 Å². The summed E-state index contributed by atoms with van der Waals surface area (Å²) < 4.78 is 1.98. The highest BCUT2D eigenvalue weighted by atomic mass is 16.1. The lowest BCUT2D eigenvalue weighted by Crippen LogP contribution is -2.20. The zero-order valence-electron chi connectivity index (χ0n) is 14.9. The van der Waals surface area contributed by atoms with Gasteiger partial charge in [-0.15, -0.1) is 0 Å². The summed E-state index contributed by atoms with van der Waals surface area (Å²) in [6.45, 7) is 4.86. The Morgan fingerprint density at radius 3 is 2.56 bits per heavy atom. The van der Waals surface area contributed by atoms with E-state index in [1.165, 1.54) is 11.6 Å². The van der Waals surface area contributed by atoms with Crippen LogP contribution in [0.2, 0.25) is 0 Å². The van der Waals surface area contributed by atoms with E-state index in [-0.39, 0.29) is 5.91 Å². The minimum Gasteiger partial charge on any atom is -0.348 e. The van der Waals surface area contributed by atoms with Gasteiger partial charge in [-0.25, -0.2) is 4.98 Å². The number of nitrogens with zero attached hydrogens (tertiary/aromatic N) is 2. The third-order valence-corrected chi connectivity index (χ3v) is 4.32. The third-order valence-electron chi connectivity index (χ3n) is 4.32. The largest absolute Gasteiger partial charge is 0.348 e. The van der Waals surface area contributed by atoms with Crippen molar-refractivity contribution in [3.05, 3.63) is 71.6 Å². The second-order valence-corrected chi connectivity index (χ2v) is 6.47. The summed E-state index contributed by atoms with van der Waals surface area (Å²) >= 11 is 0. The van der Waals surface area contributed by atoms with Crippen LogP contribution in [-0.4, -0.2) is 15.5 Å². The molecule has 4 nitrogen and oxygen atoms in total. The quantitative estimate of drug-likeness (QED) is 0.717. The van der Waals surface area contributed by atoms with Crippen LogP contribution in [0.1, 0.15) is 36.7 Å². The number of nitrogens with one attached hydrogen (secondary N) is 1. The number of rotatable bonds is 5. The van der Waals surface area contributed by atoms with Crippen molar-refractivity contribution in [2.45, 2.75) is 26.3 Å². The summed E-state index contributed by atoms with van der Waals surface area (Å²) in [4.78, 5) is 16.6. The molecule has 0 atom stereocenters. The topological polar surface area (TPSA) is 46.9 Å². The maximum absolute atomic E-state index is 12.1. The predicted molar refractivity (Wildman–Crippen MR) is 102 cm³/mol. The highest BCUT2D eigenvalue weighted by molar-refractivity contribution is 5.91. The Bertz CT molecular complexity index is 905. The Hall–Kier alpha value is -2.88. The SMILES string of the molecule is CC(C)c1ccc(CNC(=O)C=Cc2nc3ccccc3n2C)cc1. The molecule has 3 rings (SSSR count). The van der Waals surface area contributed by atoms with Gasteiger partial charge in [0.1, 0.15) is 5.82 Å². The van der Waals surface area contributed by atoms with E-state index in [1.807, 2.05) is 35.9 Å². The van der Waals surface area contributed by atoms with Crippen molar-refractivity contribution in [3.63, 3.8) is 0 Å². The number of carbonyl (C=O) groups is 1. The first-order valence-electron chi connectivity index (χ1n) is 8.51. The van der Waals surface area contributed by atoms with Gasteiger partial charge in [0.05, 0.1) is 11.0 Å². The van der Waals surface area contributed by atoms with Gasteiger partial charge in [0.15, 0.2) is 0 Å². The van der Waals surface area contributed by atoms with Gasteiger partial charge in [-0.2, -0.15) is 0 Å². The molecule has 0 saturated carbocycles. The molecule has 1 amide bonds. The zero-order chi connectivity index (χ0) is 17.8. The smallest absolute Gasteiger partial charge is 0.244 e. The Balaban J connectivity index is 1.61. The molecule has 25 heavy (non-hydrogen) atoms. The van der Waals surface area contributed by atoms with Crippen LogP contribution in [0.25, 0.3) is 17.1 Å². The minimum atomic E-state index is -0.125. The van der Waals surface area contributed by atoms with E-state index in [2.05, 4.69) is 48.4 Å². The highest BCUT2D eigenvalue weighted by Gasteiger charge is 2.05. The Kier molecular flexibility index (Phi) is 4.98. The van der Waals surface area contributed by atoms with Crippen LogP contribution < -0.4 is 5.32 Å². The molecule has 0 saturated heterocycles. The maximum atomic E-state index is 12.1. The fourth-order valence-corrected chi connectivity index (χ4v) is 2.73. The highest BCUT2D eigenvalue weighted by Crippen LogP contribution is 2.15. The second-order valence-electron chi connectivity index (χ2n) is 6.47. The van der Waals surface area contributed by atoms with Gasteiger partial charge in [-0.05, 0) is 35.3 Å². The summed E-state index contributed by atoms with van der Waals surface area (Å²) in [6, 6.07) is 16.3. The lowest BCUT2D eigenvalue weighted by Gasteiger charge is -2.07. The van der Waals surface area contributed by atoms with Gasteiger partial charge >= 0.3 is 0 Å². The number of carbonyl (C=O) groups excluding carboxylic acids is 1. The number of amides is 1. The van der Waals surface area contributed by atoms with Gasteiger partial charge in [0, 0.05) is 19.7 Å². The van der Waals surface area contributed by atoms with E-state index >= 15 is 0 Å². The molecule has 0 aliphatic heterocycles. The Morgan fingerprint density at radius 2 is 1.88 bits per heavy atom. The van der Waals surface area contributed by atoms with Gasteiger partial charge < -0.3 is 9.88 Å². The number of aryl methyl sites for hydroxylation is 1. The van der Waals surface area contributed by atoms with Gasteiger partial charge in [-0.1, -0.05) is 50.2 Å². The van der Waals surface area contributed by atoms with E-state index in [4.69, 9.17) is 0 Å². The van der Waals surface area contributed by atoms with Crippen molar-refractivity contribution in [1.82, 2.24) is 14.9 Å². The lowest BCUT2D eigenvalue weighted by molar-refractivity contribution is -0.116. The molecule has 128 valence electrons. The summed E-state index contributed by atoms with van der Waals surface area (Å²) in [6.07, 6.45) is 3.28. The van der Waals surface area contributed by atoms with Crippen LogP contribution in [0.5, 0.6) is 0 Å². The lowest BCUT2D eigenvalue weighted by atomic mass is 10.0. The molecule has 1 heterocycles. The monoisotopic (exact) mass is 333 g/mol. The molecular weight excluding hydrogens is 310 g/mol. The number of imidazole rings is 1. The van der Waals surface area contributed by atoms with E-state index < -0.39 is 0 Å². The standard InChI is InChI=1S/C21H23N3O/c1-15(2)17-10-8-16(9-11-17)14-22-21(25)13-12-20-23-18-6-4-5-7-19(18)24(20)3/h4-13,15H,14H2,1-3H3,(H,22,25).